The Labute approximate surface area is 136 Å². The summed E-state index contributed by atoms with van der Waals surface area (Å²) in [6, 6.07) is 11.7. The number of nitrogens with one attached hydrogen (secondary N) is 2. The van der Waals surface area contributed by atoms with Gasteiger partial charge in [0.25, 0.3) is 0 Å². The lowest BCUT2D eigenvalue weighted by Crippen LogP contribution is -2.50. The number of aryl methyl sites for hydroxylation is 1. The minimum atomic E-state index is 0.369. The normalized spacial score (nSPS) is 17.6. The number of nitrogens with zero attached hydrogens (tertiary/aromatic N) is 4. The zero-order valence-electron chi connectivity index (χ0n) is 13.4. The summed E-state index contributed by atoms with van der Waals surface area (Å²) in [6.07, 6.45) is 0. The van der Waals surface area contributed by atoms with Gasteiger partial charge in [0.1, 0.15) is 5.82 Å². The van der Waals surface area contributed by atoms with E-state index in [1.807, 2.05) is 25.1 Å². The summed E-state index contributed by atoms with van der Waals surface area (Å²) in [5, 5.41) is 15.5. The van der Waals surface area contributed by atoms with Crippen LogP contribution in [0.5, 0.6) is 0 Å². The third kappa shape index (κ3) is 3.58. The maximum absolute atomic E-state index is 8.86. The molecule has 1 unspecified atom stereocenters. The SMILES string of the molecule is Cc1cc(Nc2ccc(C#N)cc2)nc(N2CCNCC2C)n1. The molecule has 1 fully saturated rings. The number of rotatable bonds is 3. The monoisotopic (exact) mass is 308 g/mol. The van der Waals surface area contributed by atoms with E-state index in [4.69, 9.17) is 5.26 Å². The Bertz CT molecular complexity index is 719. The zero-order chi connectivity index (χ0) is 16.2. The van der Waals surface area contributed by atoms with Gasteiger partial charge in [-0.3, -0.25) is 0 Å². The molecule has 3 rings (SSSR count). The van der Waals surface area contributed by atoms with E-state index in [2.05, 4.69) is 38.5 Å². The predicted molar refractivity (Wildman–Crippen MR) is 90.9 cm³/mol. The van der Waals surface area contributed by atoms with Crippen LogP contribution < -0.4 is 15.5 Å². The number of benzene rings is 1. The fourth-order valence-electron chi connectivity index (χ4n) is 2.66. The number of hydrogen-bond acceptors (Lipinski definition) is 6. The average Bonchev–Trinajstić information content (AvgIpc) is 2.55. The molecule has 2 N–H and O–H groups in total. The van der Waals surface area contributed by atoms with Crippen LogP contribution in [-0.2, 0) is 0 Å². The summed E-state index contributed by atoms with van der Waals surface area (Å²) in [5.41, 5.74) is 2.48. The second kappa shape index (κ2) is 6.63. The van der Waals surface area contributed by atoms with Gasteiger partial charge >= 0.3 is 0 Å². The molecule has 118 valence electrons. The number of aromatic nitrogens is 2. The van der Waals surface area contributed by atoms with Crippen molar-refractivity contribution < 1.29 is 0 Å². The van der Waals surface area contributed by atoms with Crippen LogP contribution in [0.2, 0.25) is 0 Å². The quantitative estimate of drug-likeness (QED) is 0.905. The topological polar surface area (TPSA) is 76.9 Å². The second-order valence-electron chi connectivity index (χ2n) is 5.76. The van der Waals surface area contributed by atoms with Crippen LogP contribution in [0.1, 0.15) is 18.2 Å². The van der Waals surface area contributed by atoms with Crippen molar-refractivity contribution in [3.8, 4) is 6.07 Å². The fourth-order valence-corrected chi connectivity index (χ4v) is 2.66. The van der Waals surface area contributed by atoms with E-state index in [1.54, 1.807) is 12.1 Å². The van der Waals surface area contributed by atoms with E-state index < -0.39 is 0 Å². The van der Waals surface area contributed by atoms with Gasteiger partial charge in [0, 0.05) is 43.1 Å². The van der Waals surface area contributed by atoms with E-state index in [0.717, 1.165) is 42.8 Å². The van der Waals surface area contributed by atoms with Crippen molar-refractivity contribution in [2.24, 2.45) is 0 Å². The maximum Gasteiger partial charge on any atom is 0.227 e. The Morgan fingerprint density at radius 3 is 2.78 bits per heavy atom. The molecule has 1 saturated heterocycles. The molecule has 1 aromatic carbocycles. The van der Waals surface area contributed by atoms with Gasteiger partial charge in [0.05, 0.1) is 11.6 Å². The highest BCUT2D eigenvalue weighted by Crippen LogP contribution is 2.20. The van der Waals surface area contributed by atoms with Crippen molar-refractivity contribution in [3.63, 3.8) is 0 Å². The van der Waals surface area contributed by atoms with Gasteiger partial charge in [-0.05, 0) is 38.1 Å². The molecule has 0 aliphatic carbocycles. The molecule has 2 aromatic rings. The number of nitriles is 1. The number of hydrogen-bond donors (Lipinski definition) is 2. The van der Waals surface area contributed by atoms with Gasteiger partial charge in [-0.25, -0.2) is 4.98 Å². The number of piperazine rings is 1. The third-order valence-corrected chi connectivity index (χ3v) is 3.89. The molecule has 2 heterocycles. The average molecular weight is 308 g/mol. The highest BCUT2D eigenvalue weighted by Gasteiger charge is 2.21. The van der Waals surface area contributed by atoms with E-state index in [1.165, 1.54) is 0 Å². The molecular weight excluding hydrogens is 288 g/mol. The minimum Gasteiger partial charge on any atom is -0.340 e. The molecule has 1 atom stereocenters. The van der Waals surface area contributed by atoms with Crippen LogP contribution in [0.3, 0.4) is 0 Å². The lowest BCUT2D eigenvalue weighted by Gasteiger charge is -2.34. The lowest BCUT2D eigenvalue weighted by atomic mass is 10.2. The summed E-state index contributed by atoms with van der Waals surface area (Å²) in [6.45, 7) is 6.93. The van der Waals surface area contributed by atoms with Crippen molar-refractivity contribution in [2.45, 2.75) is 19.9 Å². The Morgan fingerprint density at radius 2 is 2.09 bits per heavy atom. The molecule has 1 aliphatic rings. The molecule has 0 saturated carbocycles. The second-order valence-corrected chi connectivity index (χ2v) is 5.76. The van der Waals surface area contributed by atoms with Gasteiger partial charge in [-0.1, -0.05) is 0 Å². The molecule has 0 radical (unpaired) electrons. The molecule has 23 heavy (non-hydrogen) atoms. The Hall–Kier alpha value is -2.65. The highest BCUT2D eigenvalue weighted by atomic mass is 15.3. The fraction of sp³-hybridized carbons (Fsp3) is 0.353. The summed E-state index contributed by atoms with van der Waals surface area (Å²) in [4.78, 5) is 11.5. The van der Waals surface area contributed by atoms with E-state index in [0.29, 0.717) is 11.6 Å². The first-order chi connectivity index (χ1) is 11.2. The van der Waals surface area contributed by atoms with Crippen molar-refractivity contribution in [3.05, 3.63) is 41.6 Å². The zero-order valence-corrected chi connectivity index (χ0v) is 13.4. The molecule has 1 aromatic heterocycles. The van der Waals surface area contributed by atoms with Gasteiger partial charge < -0.3 is 15.5 Å². The van der Waals surface area contributed by atoms with E-state index in [-0.39, 0.29) is 0 Å². The van der Waals surface area contributed by atoms with Gasteiger partial charge in [-0.15, -0.1) is 0 Å². The molecule has 0 spiro atoms. The van der Waals surface area contributed by atoms with Crippen molar-refractivity contribution in [1.29, 1.82) is 5.26 Å². The largest absolute Gasteiger partial charge is 0.340 e. The van der Waals surface area contributed by atoms with Crippen molar-refractivity contribution in [2.75, 3.05) is 29.9 Å². The Kier molecular flexibility index (Phi) is 4.40. The maximum atomic E-state index is 8.86. The Balaban J connectivity index is 1.83. The first-order valence-corrected chi connectivity index (χ1v) is 7.76. The molecular formula is C17H20N6. The van der Waals surface area contributed by atoms with Gasteiger partial charge in [-0.2, -0.15) is 10.2 Å². The molecule has 1 aliphatic heterocycles. The van der Waals surface area contributed by atoms with Crippen LogP contribution >= 0.6 is 0 Å². The number of anilines is 3. The van der Waals surface area contributed by atoms with Crippen molar-refractivity contribution >= 4 is 17.5 Å². The summed E-state index contributed by atoms with van der Waals surface area (Å²) >= 11 is 0. The van der Waals surface area contributed by atoms with Gasteiger partial charge in [0.15, 0.2) is 0 Å². The predicted octanol–water partition coefficient (Wildman–Crippen LogP) is 2.20. The van der Waals surface area contributed by atoms with Crippen LogP contribution in [0.4, 0.5) is 17.5 Å². The first-order valence-electron chi connectivity index (χ1n) is 7.76. The molecule has 6 nitrogen and oxygen atoms in total. The van der Waals surface area contributed by atoms with Crippen LogP contribution in [0, 0.1) is 18.3 Å². The van der Waals surface area contributed by atoms with Crippen molar-refractivity contribution in [1.82, 2.24) is 15.3 Å². The van der Waals surface area contributed by atoms with E-state index in [9.17, 15) is 0 Å². The lowest BCUT2D eigenvalue weighted by molar-refractivity contribution is 0.493. The Morgan fingerprint density at radius 1 is 1.30 bits per heavy atom. The van der Waals surface area contributed by atoms with Crippen LogP contribution in [0.25, 0.3) is 0 Å². The summed E-state index contributed by atoms with van der Waals surface area (Å²) in [7, 11) is 0. The first kappa shape index (κ1) is 15.3. The minimum absolute atomic E-state index is 0.369. The molecule has 0 bridgehead atoms. The third-order valence-electron chi connectivity index (χ3n) is 3.89. The summed E-state index contributed by atoms with van der Waals surface area (Å²) in [5.74, 6) is 1.53. The van der Waals surface area contributed by atoms with Crippen LogP contribution in [-0.4, -0.2) is 35.6 Å². The smallest absolute Gasteiger partial charge is 0.227 e. The highest BCUT2D eigenvalue weighted by molar-refractivity contribution is 5.59. The van der Waals surface area contributed by atoms with E-state index >= 15 is 0 Å². The summed E-state index contributed by atoms with van der Waals surface area (Å²) < 4.78 is 0. The molecule has 0 amide bonds. The van der Waals surface area contributed by atoms with Gasteiger partial charge in [0.2, 0.25) is 5.95 Å². The van der Waals surface area contributed by atoms with Crippen LogP contribution in [0.15, 0.2) is 30.3 Å². The standard InChI is InChI=1S/C17H20N6/c1-12-9-16(21-15-5-3-14(10-18)4-6-15)22-17(20-12)23-8-7-19-11-13(23)2/h3-6,9,13,19H,7-8,11H2,1-2H3,(H,20,21,22). The molecule has 6 heteroatoms.